The zero-order valence-electron chi connectivity index (χ0n) is 9.50. The van der Waals surface area contributed by atoms with Crippen molar-refractivity contribution in [2.24, 2.45) is 0 Å². The van der Waals surface area contributed by atoms with Gasteiger partial charge in [0.1, 0.15) is 11.6 Å². The lowest BCUT2D eigenvalue weighted by Gasteiger charge is -2.12. The van der Waals surface area contributed by atoms with E-state index in [1.54, 1.807) is 0 Å². The van der Waals surface area contributed by atoms with Gasteiger partial charge in [0.15, 0.2) is 0 Å². The van der Waals surface area contributed by atoms with Crippen molar-refractivity contribution in [3.8, 4) is 5.88 Å². The van der Waals surface area contributed by atoms with Crippen LogP contribution < -0.4 is 10.1 Å². The number of nitrogens with zero attached hydrogens (tertiary/aromatic N) is 2. The molecule has 0 amide bonds. The van der Waals surface area contributed by atoms with Crippen LogP contribution in [0.15, 0.2) is 0 Å². The fraction of sp³-hybridized carbons (Fsp3) is 0.636. The highest BCUT2D eigenvalue weighted by Gasteiger charge is 2.20. The Morgan fingerprint density at radius 2 is 2.20 bits per heavy atom. The number of hydrogen-bond donors (Lipinski definition) is 1. The van der Waals surface area contributed by atoms with E-state index in [-0.39, 0.29) is 0 Å². The Morgan fingerprint density at radius 1 is 1.40 bits per heavy atom. The van der Waals surface area contributed by atoms with E-state index in [1.807, 2.05) is 0 Å². The van der Waals surface area contributed by atoms with Crippen LogP contribution in [0.25, 0.3) is 0 Å². The Bertz CT molecular complexity index is 363. The number of rotatable bonds is 3. The molecule has 0 spiro atoms. The summed E-state index contributed by atoms with van der Waals surface area (Å²) in [5.74, 6) is 2.56. The van der Waals surface area contributed by atoms with Crippen molar-refractivity contribution in [1.29, 1.82) is 0 Å². The summed E-state index contributed by atoms with van der Waals surface area (Å²) in [7, 11) is 0. The SMILES string of the molecule is CCc1nc(NC(C)C)c2c(n1)OCC2. The second-order valence-electron chi connectivity index (χ2n) is 4.02. The predicted molar refractivity (Wildman–Crippen MR) is 59.4 cm³/mol. The lowest BCUT2D eigenvalue weighted by molar-refractivity contribution is 0.343. The van der Waals surface area contributed by atoms with Crippen LogP contribution in [0.3, 0.4) is 0 Å². The summed E-state index contributed by atoms with van der Waals surface area (Å²) in [5.41, 5.74) is 1.13. The van der Waals surface area contributed by atoms with Crippen LogP contribution in [0.5, 0.6) is 5.88 Å². The summed E-state index contributed by atoms with van der Waals surface area (Å²) in [4.78, 5) is 8.87. The topological polar surface area (TPSA) is 47.0 Å². The summed E-state index contributed by atoms with van der Waals surface area (Å²) in [5, 5.41) is 3.35. The molecule has 2 rings (SSSR count). The number of aryl methyl sites for hydroxylation is 1. The molecular weight excluding hydrogens is 190 g/mol. The van der Waals surface area contributed by atoms with Gasteiger partial charge in [0, 0.05) is 18.9 Å². The standard InChI is InChI=1S/C11H17N3O/c1-4-9-13-10(12-7(2)3)8-5-6-15-11(8)14-9/h7H,4-6H2,1-3H3,(H,12,13,14). The first-order valence-electron chi connectivity index (χ1n) is 5.49. The van der Waals surface area contributed by atoms with Crippen molar-refractivity contribution >= 4 is 5.82 Å². The lowest BCUT2D eigenvalue weighted by Crippen LogP contribution is -2.14. The largest absolute Gasteiger partial charge is 0.477 e. The second kappa shape index (κ2) is 4.04. The quantitative estimate of drug-likeness (QED) is 0.821. The first-order chi connectivity index (χ1) is 7.20. The molecule has 1 aromatic rings. The zero-order valence-corrected chi connectivity index (χ0v) is 9.50. The Kier molecular flexibility index (Phi) is 2.75. The molecular formula is C11H17N3O. The molecule has 0 aliphatic carbocycles. The molecule has 1 aliphatic rings. The number of ether oxygens (including phenoxy) is 1. The van der Waals surface area contributed by atoms with Crippen molar-refractivity contribution in [3.05, 3.63) is 11.4 Å². The predicted octanol–water partition coefficient (Wildman–Crippen LogP) is 1.79. The van der Waals surface area contributed by atoms with E-state index in [0.29, 0.717) is 6.04 Å². The fourth-order valence-corrected chi connectivity index (χ4v) is 1.65. The third-order valence-electron chi connectivity index (χ3n) is 2.35. The van der Waals surface area contributed by atoms with E-state index >= 15 is 0 Å². The molecule has 0 saturated heterocycles. The van der Waals surface area contributed by atoms with Gasteiger partial charge in [0.05, 0.1) is 12.2 Å². The molecule has 1 N–H and O–H groups in total. The number of anilines is 1. The van der Waals surface area contributed by atoms with Crippen molar-refractivity contribution in [2.45, 2.75) is 39.7 Å². The molecule has 0 saturated carbocycles. The van der Waals surface area contributed by atoms with Crippen LogP contribution >= 0.6 is 0 Å². The van der Waals surface area contributed by atoms with Gasteiger partial charge in [-0.05, 0) is 13.8 Å². The normalized spacial score (nSPS) is 13.9. The van der Waals surface area contributed by atoms with E-state index in [9.17, 15) is 0 Å². The molecule has 1 aliphatic heterocycles. The minimum absolute atomic E-state index is 0.384. The van der Waals surface area contributed by atoms with Crippen LogP contribution in [0.1, 0.15) is 32.2 Å². The molecule has 4 nitrogen and oxygen atoms in total. The summed E-state index contributed by atoms with van der Waals surface area (Å²) < 4.78 is 5.47. The molecule has 2 heterocycles. The molecule has 0 unspecified atom stereocenters. The molecule has 0 radical (unpaired) electrons. The second-order valence-corrected chi connectivity index (χ2v) is 4.02. The van der Waals surface area contributed by atoms with Gasteiger partial charge in [-0.1, -0.05) is 6.92 Å². The molecule has 1 aromatic heterocycles. The van der Waals surface area contributed by atoms with E-state index in [0.717, 1.165) is 42.5 Å². The van der Waals surface area contributed by atoms with Crippen molar-refractivity contribution in [1.82, 2.24) is 9.97 Å². The van der Waals surface area contributed by atoms with Crippen LogP contribution in [-0.2, 0) is 12.8 Å². The monoisotopic (exact) mass is 207 g/mol. The molecule has 0 aromatic carbocycles. The molecule has 82 valence electrons. The Balaban J connectivity index is 2.38. The van der Waals surface area contributed by atoms with Gasteiger partial charge < -0.3 is 10.1 Å². The van der Waals surface area contributed by atoms with E-state index < -0.39 is 0 Å². The first kappa shape index (κ1) is 10.2. The number of nitrogens with one attached hydrogen (secondary N) is 1. The van der Waals surface area contributed by atoms with E-state index in [1.165, 1.54) is 0 Å². The third kappa shape index (κ3) is 2.03. The average molecular weight is 207 g/mol. The van der Waals surface area contributed by atoms with Crippen LogP contribution in [0.4, 0.5) is 5.82 Å². The summed E-state index contributed by atoms with van der Waals surface area (Å²) in [6, 6.07) is 0.384. The zero-order chi connectivity index (χ0) is 10.8. The molecule has 4 heteroatoms. The maximum atomic E-state index is 5.47. The fourth-order valence-electron chi connectivity index (χ4n) is 1.65. The summed E-state index contributed by atoms with van der Waals surface area (Å²) in [6.07, 6.45) is 1.75. The molecule has 0 bridgehead atoms. The van der Waals surface area contributed by atoms with Gasteiger partial charge >= 0.3 is 0 Å². The van der Waals surface area contributed by atoms with Gasteiger partial charge in [-0.25, -0.2) is 4.98 Å². The highest BCUT2D eigenvalue weighted by Crippen LogP contribution is 2.28. The molecule has 15 heavy (non-hydrogen) atoms. The maximum absolute atomic E-state index is 5.47. The summed E-state index contributed by atoms with van der Waals surface area (Å²) in [6.45, 7) is 6.99. The van der Waals surface area contributed by atoms with Gasteiger partial charge in [-0.3, -0.25) is 0 Å². The first-order valence-corrected chi connectivity index (χ1v) is 5.49. The van der Waals surface area contributed by atoms with Crippen LogP contribution in [0, 0.1) is 0 Å². The Hall–Kier alpha value is -1.32. The minimum Gasteiger partial charge on any atom is -0.477 e. The third-order valence-corrected chi connectivity index (χ3v) is 2.35. The maximum Gasteiger partial charge on any atom is 0.222 e. The lowest BCUT2D eigenvalue weighted by atomic mass is 10.2. The van der Waals surface area contributed by atoms with E-state index in [4.69, 9.17) is 4.74 Å². The highest BCUT2D eigenvalue weighted by molar-refractivity contribution is 5.51. The number of hydrogen-bond acceptors (Lipinski definition) is 4. The van der Waals surface area contributed by atoms with Crippen molar-refractivity contribution in [2.75, 3.05) is 11.9 Å². The van der Waals surface area contributed by atoms with Crippen LogP contribution in [-0.4, -0.2) is 22.6 Å². The highest BCUT2D eigenvalue weighted by atomic mass is 16.5. The van der Waals surface area contributed by atoms with Gasteiger partial charge in [0.25, 0.3) is 0 Å². The van der Waals surface area contributed by atoms with Crippen molar-refractivity contribution in [3.63, 3.8) is 0 Å². The molecule has 0 fully saturated rings. The van der Waals surface area contributed by atoms with Gasteiger partial charge in [-0.2, -0.15) is 4.98 Å². The smallest absolute Gasteiger partial charge is 0.222 e. The minimum atomic E-state index is 0.384. The molecule has 0 atom stereocenters. The average Bonchev–Trinajstić information content (AvgIpc) is 2.64. The van der Waals surface area contributed by atoms with Gasteiger partial charge in [0.2, 0.25) is 5.88 Å². The van der Waals surface area contributed by atoms with E-state index in [2.05, 4.69) is 36.1 Å². The van der Waals surface area contributed by atoms with Crippen LogP contribution in [0.2, 0.25) is 0 Å². The van der Waals surface area contributed by atoms with Gasteiger partial charge in [-0.15, -0.1) is 0 Å². The Morgan fingerprint density at radius 3 is 2.87 bits per heavy atom. The Labute approximate surface area is 90.1 Å². The van der Waals surface area contributed by atoms with Crippen molar-refractivity contribution < 1.29 is 4.74 Å². The summed E-state index contributed by atoms with van der Waals surface area (Å²) >= 11 is 0. The number of aromatic nitrogens is 2. The number of fused-ring (bicyclic) bond motifs is 1.